The number of nitriles is 1. The summed E-state index contributed by atoms with van der Waals surface area (Å²) in [5, 5.41) is 10.2. The lowest BCUT2D eigenvalue weighted by Gasteiger charge is -2.34. The maximum Gasteiger partial charge on any atom is 0.107 e. The number of benzene rings is 1. The van der Waals surface area contributed by atoms with Crippen molar-refractivity contribution in [3.8, 4) is 6.07 Å². The Labute approximate surface area is 103 Å². The second-order valence-electron chi connectivity index (χ2n) is 3.64. The number of hydrogen-bond donors (Lipinski definition) is 0. The summed E-state index contributed by atoms with van der Waals surface area (Å²) in [6.45, 7) is 0. The third-order valence-electron chi connectivity index (χ3n) is 2.57. The topological polar surface area (TPSA) is 23.8 Å². The monoisotopic (exact) mass is 257 g/mol. The molecule has 4 heteroatoms. The normalized spacial score (nSPS) is 17.9. The molecule has 1 fully saturated rings. The van der Waals surface area contributed by atoms with Crippen LogP contribution in [0.1, 0.15) is 19.3 Å². The SMILES string of the molecule is N#CC1(Sc2ccc(Cl)c(Cl)c2)CCC1. The van der Waals surface area contributed by atoms with Gasteiger partial charge in [-0.05, 0) is 37.5 Å². The zero-order chi connectivity index (χ0) is 10.9. The van der Waals surface area contributed by atoms with Crippen molar-refractivity contribution in [2.24, 2.45) is 0 Å². The first-order valence-corrected chi connectivity index (χ1v) is 6.28. The lowest BCUT2D eigenvalue weighted by molar-refractivity contribution is 0.440. The fourth-order valence-corrected chi connectivity index (χ4v) is 3.17. The van der Waals surface area contributed by atoms with Crippen molar-refractivity contribution in [2.75, 3.05) is 0 Å². The first-order chi connectivity index (χ1) is 7.15. The molecular weight excluding hydrogens is 249 g/mol. The first-order valence-electron chi connectivity index (χ1n) is 4.70. The number of halogens is 2. The molecule has 0 bridgehead atoms. The van der Waals surface area contributed by atoms with Crippen LogP contribution in [0.25, 0.3) is 0 Å². The zero-order valence-electron chi connectivity index (χ0n) is 7.96. The van der Waals surface area contributed by atoms with E-state index in [2.05, 4.69) is 6.07 Å². The third kappa shape index (κ3) is 2.25. The molecule has 0 unspecified atom stereocenters. The number of thioether (sulfide) groups is 1. The van der Waals surface area contributed by atoms with Crippen molar-refractivity contribution in [2.45, 2.75) is 28.9 Å². The number of hydrogen-bond acceptors (Lipinski definition) is 2. The van der Waals surface area contributed by atoms with E-state index in [1.165, 1.54) is 0 Å². The summed E-state index contributed by atoms with van der Waals surface area (Å²) in [6, 6.07) is 7.90. The van der Waals surface area contributed by atoms with E-state index < -0.39 is 0 Å². The summed E-state index contributed by atoms with van der Waals surface area (Å²) in [6.07, 6.45) is 3.07. The van der Waals surface area contributed by atoms with Gasteiger partial charge in [-0.3, -0.25) is 0 Å². The van der Waals surface area contributed by atoms with Crippen molar-refractivity contribution in [3.05, 3.63) is 28.2 Å². The van der Waals surface area contributed by atoms with Gasteiger partial charge in [0, 0.05) is 4.90 Å². The van der Waals surface area contributed by atoms with Gasteiger partial charge in [0.2, 0.25) is 0 Å². The molecule has 1 aliphatic rings. The van der Waals surface area contributed by atoms with E-state index in [-0.39, 0.29) is 4.75 Å². The molecular formula is C11H9Cl2NS. The molecule has 1 nitrogen and oxygen atoms in total. The molecule has 15 heavy (non-hydrogen) atoms. The highest BCUT2D eigenvalue weighted by atomic mass is 35.5. The Morgan fingerprint density at radius 1 is 1.27 bits per heavy atom. The molecule has 0 radical (unpaired) electrons. The highest BCUT2D eigenvalue weighted by molar-refractivity contribution is 8.01. The smallest absolute Gasteiger partial charge is 0.107 e. The Kier molecular flexibility index (Phi) is 3.16. The Balaban J connectivity index is 2.18. The van der Waals surface area contributed by atoms with E-state index in [1.54, 1.807) is 17.8 Å². The van der Waals surface area contributed by atoms with Crippen molar-refractivity contribution >= 4 is 35.0 Å². The van der Waals surface area contributed by atoms with E-state index in [4.69, 9.17) is 28.5 Å². The molecule has 0 atom stereocenters. The molecule has 78 valence electrons. The molecule has 1 aliphatic carbocycles. The van der Waals surface area contributed by atoms with Gasteiger partial charge in [-0.1, -0.05) is 23.2 Å². The number of rotatable bonds is 2. The molecule has 2 rings (SSSR count). The molecule has 1 aromatic carbocycles. The predicted octanol–water partition coefficient (Wildman–Crippen LogP) is 4.53. The molecule has 0 heterocycles. The van der Waals surface area contributed by atoms with Crippen molar-refractivity contribution in [1.29, 1.82) is 5.26 Å². The number of nitrogens with zero attached hydrogens (tertiary/aromatic N) is 1. The third-order valence-corrected chi connectivity index (χ3v) is 4.69. The summed E-state index contributed by atoms with van der Waals surface area (Å²) >= 11 is 13.3. The van der Waals surface area contributed by atoms with Gasteiger partial charge in [-0.15, -0.1) is 11.8 Å². The van der Waals surface area contributed by atoms with Crippen LogP contribution >= 0.6 is 35.0 Å². The highest BCUT2D eigenvalue weighted by Crippen LogP contribution is 2.47. The van der Waals surface area contributed by atoms with Gasteiger partial charge < -0.3 is 0 Å². The summed E-state index contributed by atoms with van der Waals surface area (Å²) in [7, 11) is 0. The molecule has 1 aromatic rings. The van der Waals surface area contributed by atoms with Crippen molar-refractivity contribution in [1.82, 2.24) is 0 Å². The Bertz CT molecular complexity index is 421. The molecule has 0 N–H and O–H groups in total. The van der Waals surface area contributed by atoms with Gasteiger partial charge in [0.25, 0.3) is 0 Å². The Morgan fingerprint density at radius 3 is 2.47 bits per heavy atom. The van der Waals surface area contributed by atoms with Gasteiger partial charge in [-0.25, -0.2) is 0 Å². The summed E-state index contributed by atoms with van der Waals surface area (Å²) in [5.41, 5.74) is 0. The van der Waals surface area contributed by atoms with Crippen LogP contribution in [0.2, 0.25) is 10.0 Å². The van der Waals surface area contributed by atoms with E-state index in [0.717, 1.165) is 24.2 Å². The largest absolute Gasteiger partial charge is 0.197 e. The maximum atomic E-state index is 9.09. The fraction of sp³-hybridized carbons (Fsp3) is 0.364. The minimum atomic E-state index is -0.225. The van der Waals surface area contributed by atoms with Crippen LogP contribution in [0, 0.1) is 11.3 Å². The van der Waals surface area contributed by atoms with E-state index >= 15 is 0 Å². The first kappa shape index (κ1) is 11.1. The molecule has 0 aliphatic heterocycles. The van der Waals surface area contributed by atoms with Crippen LogP contribution in [0.15, 0.2) is 23.1 Å². The Morgan fingerprint density at radius 2 is 2.00 bits per heavy atom. The second-order valence-corrected chi connectivity index (χ2v) is 5.91. The van der Waals surface area contributed by atoms with E-state index in [1.807, 2.05) is 12.1 Å². The standard InChI is InChI=1S/C11H9Cl2NS/c12-9-3-2-8(6-10(9)13)15-11(7-14)4-1-5-11/h2-3,6H,1,4-5H2. The van der Waals surface area contributed by atoms with Gasteiger partial charge in [-0.2, -0.15) is 5.26 Å². The average molecular weight is 258 g/mol. The summed E-state index contributed by atoms with van der Waals surface area (Å²) in [5.74, 6) is 0. The molecule has 1 saturated carbocycles. The minimum Gasteiger partial charge on any atom is -0.197 e. The maximum absolute atomic E-state index is 9.09. The molecule has 0 aromatic heterocycles. The van der Waals surface area contributed by atoms with Gasteiger partial charge >= 0.3 is 0 Å². The quantitative estimate of drug-likeness (QED) is 0.778. The van der Waals surface area contributed by atoms with Crippen LogP contribution in [0.5, 0.6) is 0 Å². The molecule has 0 amide bonds. The zero-order valence-corrected chi connectivity index (χ0v) is 10.3. The fourth-order valence-electron chi connectivity index (χ4n) is 1.50. The van der Waals surface area contributed by atoms with Crippen LogP contribution < -0.4 is 0 Å². The lowest BCUT2D eigenvalue weighted by atomic mass is 9.86. The highest BCUT2D eigenvalue weighted by Gasteiger charge is 2.38. The molecule has 0 spiro atoms. The van der Waals surface area contributed by atoms with Crippen molar-refractivity contribution in [3.63, 3.8) is 0 Å². The summed E-state index contributed by atoms with van der Waals surface area (Å²) in [4.78, 5) is 1.02. The van der Waals surface area contributed by atoms with Gasteiger partial charge in [0.1, 0.15) is 4.75 Å². The van der Waals surface area contributed by atoms with E-state index in [0.29, 0.717) is 10.0 Å². The summed E-state index contributed by atoms with van der Waals surface area (Å²) < 4.78 is -0.225. The lowest BCUT2D eigenvalue weighted by Crippen LogP contribution is -2.30. The minimum absolute atomic E-state index is 0.225. The van der Waals surface area contributed by atoms with Crippen LogP contribution in [0.3, 0.4) is 0 Å². The second kappa shape index (κ2) is 4.25. The van der Waals surface area contributed by atoms with Crippen LogP contribution in [-0.2, 0) is 0 Å². The van der Waals surface area contributed by atoms with Gasteiger partial charge in [0.05, 0.1) is 16.1 Å². The van der Waals surface area contributed by atoms with Gasteiger partial charge in [0.15, 0.2) is 0 Å². The molecule has 0 saturated heterocycles. The van der Waals surface area contributed by atoms with E-state index in [9.17, 15) is 0 Å². The average Bonchev–Trinajstić information content (AvgIpc) is 2.17. The van der Waals surface area contributed by atoms with Crippen LogP contribution in [0.4, 0.5) is 0 Å². The predicted molar refractivity (Wildman–Crippen MR) is 64.5 cm³/mol. The Hall–Kier alpha value is -0.360. The van der Waals surface area contributed by atoms with Crippen LogP contribution in [-0.4, -0.2) is 4.75 Å². The van der Waals surface area contributed by atoms with Crippen molar-refractivity contribution < 1.29 is 0 Å².